The molecule has 6 rings (SSSR count). The van der Waals surface area contributed by atoms with Crippen molar-refractivity contribution in [2.24, 2.45) is 34.0 Å². The number of fused-ring (bicyclic) bond motifs is 3. The molecular formula is C28H36O9. The van der Waals surface area contributed by atoms with Gasteiger partial charge in [0.25, 0.3) is 0 Å². The second kappa shape index (κ2) is 7.45. The standard InChI is InChI=1S/C28H36O9/c1-24(2)16-10-18(31)27(5)20(26(16,4)17(30)11-19(32)36-24)14(6-8-29)12-25(3)21(15-7-9-34-13-15)35-23(33)22-28(25,27)37-22/h7,9,13-14,16-17,20-22,29-30H,6,8,10-12H2,1-5H3. The van der Waals surface area contributed by atoms with Crippen LogP contribution in [0.2, 0.25) is 0 Å². The van der Waals surface area contributed by atoms with Crippen LogP contribution >= 0.6 is 0 Å². The molecule has 2 saturated carbocycles. The molecule has 1 aromatic heterocycles. The lowest BCUT2D eigenvalue weighted by Gasteiger charge is -2.68. The van der Waals surface area contributed by atoms with E-state index in [1.807, 2.05) is 20.8 Å². The Morgan fingerprint density at radius 3 is 2.43 bits per heavy atom. The molecule has 202 valence electrons. The van der Waals surface area contributed by atoms with Gasteiger partial charge in [-0.15, -0.1) is 0 Å². The lowest BCUT2D eigenvalue weighted by atomic mass is 9.34. The summed E-state index contributed by atoms with van der Waals surface area (Å²) in [6.07, 6.45) is 1.18. The zero-order valence-electron chi connectivity index (χ0n) is 22.0. The molecule has 4 heterocycles. The molecule has 0 amide bonds. The largest absolute Gasteiger partial charge is 0.472 e. The van der Waals surface area contributed by atoms with Gasteiger partial charge in [0.05, 0.1) is 30.5 Å². The summed E-state index contributed by atoms with van der Waals surface area (Å²) in [5, 5.41) is 21.9. The zero-order valence-corrected chi connectivity index (χ0v) is 22.0. The minimum Gasteiger partial charge on any atom is -0.472 e. The Kier molecular flexibility index (Phi) is 5.05. The number of carbonyl (C=O) groups excluding carboxylic acids is 3. The Hall–Kier alpha value is -2.23. The van der Waals surface area contributed by atoms with Gasteiger partial charge >= 0.3 is 11.9 Å². The van der Waals surface area contributed by atoms with E-state index in [0.717, 1.165) is 0 Å². The van der Waals surface area contributed by atoms with E-state index in [9.17, 15) is 24.6 Å². The molecule has 2 N–H and O–H groups in total. The number of hydrogen-bond acceptors (Lipinski definition) is 9. The van der Waals surface area contributed by atoms with Crippen molar-refractivity contribution < 1.29 is 43.2 Å². The van der Waals surface area contributed by atoms with Crippen molar-refractivity contribution in [1.29, 1.82) is 0 Å². The number of aliphatic hydroxyl groups is 2. The first kappa shape index (κ1) is 25.1. The third-order valence-electron chi connectivity index (χ3n) is 11.1. The smallest absolute Gasteiger partial charge is 0.339 e. The van der Waals surface area contributed by atoms with Crippen molar-refractivity contribution in [2.75, 3.05) is 6.61 Å². The van der Waals surface area contributed by atoms with E-state index < -0.39 is 69.5 Å². The molecule has 3 aliphatic heterocycles. The normalized spacial score (nSPS) is 50.0. The van der Waals surface area contributed by atoms with E-state index in [4.69, 9.17) is 18.6 Å². The van der Waals surface area contributed by atoms with Gasteiger partial charge in [0.15, 0.2) is 6.10 Å². The number of ether oxygens (including phenoxy) is 3. The van der Waals surface area contributed by atoms with Crippen LogP contribution in [0.3, 0.4) is 0 Å². The average molecular weight is 517 g/mol. The maximum Gasteiger partial charge on any atom is 0.339 e. The zero-order chi connectivity index (χ0) is 26.8. The third-order valence-corrected chi connectivity index (χ3v) is 11.1. The number of rotatable bonds is 3. The topological polar surface area (TPSA) is 136 Å². The van der Waals surface area contributed by atoms with Gasteiger partial charge < -0.3 is 28.8 Å². The summed E-state index contributed by atoms with van der Waals surface area (Å²) < 4.78 is 23.4. The van der Waals surface area contributed by atoms with Crippen LogP contribution in [0.5, 0.6) is 0 Å². The van der Waals surface area contributed by atoms with E-state index in [2.05, 4.69) is 0 Å². The van der Waals surface area contributed by atoms with Crippen molar-refractivity contribution in [1.82, 2.24) is 0 Å². The fourth-order valence-corrected chi connectivity index (χ4v) is 9.77. The fraction of sp³-hybridized carbons (Fsp3) is 0.750. The summed E-state index contributed by atoms with van der Waals surface area (Å²) >= 11 is 0. The molecular weight excluding hydrogens is 480 g/mol. The molecule has 0 aromatic carbocycles. The van der Waals surface area contributed by atoms with E-state index >= 15 is 0 Å². The van der Waals surface area contributed by atoms with Crippen LogP contribution in [-0.2, 0) is 28.6 Å². The monoisotopic (exact) mass is 516 g/mol. The molecule has 10 unspecified atom stereocenters. The molecule has 3 saturated heterocycles. The highest BCUT2D eigenvalue weighted by Crippen LogP contribution is 2.79. The number of carbonyl (C=O) groups is 3. The van der Waals surface area contributed by atoms with Gasteiger partial charge in [0.1, 0.15) is 23.1 Å². The highest BCUT2D eigenvalue weighted by atomic mass is 16.7. The van der Waals surface area contributed by atoms with Gasteiger partial charge in [-0.25, -0.2) is 4.79 Å². The van der Waals surface area contributed by atoms with Gasteiger partial charge in [-0.2, -0.15) is 0 Å². The molecule has 10 atom stereocenters. The van der Waals surface area contributed by atoms with Gasteiger partial charge in [-0.3, -0.25) is 9.59 Å². The Bertz CT molecular complexity index is 1160. The van der Waals surface area contributed by atoms with Crippen molar-refractivity contribution in [3.8, 4) is 0 Å². The Morgan fingerprint density at radius 1 is 1.05 bits per heavy atom. The maximum atomic E-state index is 14.5. The molecule has 37 heavy (non-hydrogen) atoms. The Balaban J connectivity index is 1.59. The highest BCUT2D eigenvalue weighted by Gasteiger charge is 2.89. The van der Waals surface area contributed by atoms with Crippen LogP contribution in [-0.4, -0.2) is 58.0 Å². The first-order chi connectivity index (χ1) is 17.3. The number of epoxide rings is 1. The van der Waals surface area contributed by atoms with Crippen LogP contribution in [0.25, 0.3) is 0 Å². The predicted molar refractivity (Wildman–Crippen MR) is 127 cm³/mol. The summed E-state index contributed by atoms with van der Waals surface area (Å²) in [7, 11) is 0. The first-order valence-corrected chi connectivity index (χ1v) is 13.2. The van der Waals surface area contributed by atoms with E-state index in [1.165, 1.54) is 6.26 Å². The van der Waals surface area contributed by atoms with Crippen LogP contribution in [0.4, 0.5) is 0 Å². The van der Waals surface area contributed by atoms with E-state index in [1.54, 1.807) is 26.2 Å². The second-order valence-electron chi connectivity index (χ2n) is 13.0. The number of Topliss-reactive ketones (excluding diaryl/α,β-unsaturated/α-hetero) is 1. The van der Waals surface area contributed by atoms with Gasteiger partial charge in [0.2, 0.25) is 0 Å². The summed E-state index contributed by atoms with van der Waals surface area (Å²) in [6, 6.07) is 1.76. The molecule has 0 bridgehead atoms. The van der Waals surface area contributed by atoms with Crippen molar-refractivity contribution >= 4 is 17.7 Å². The van der Waals surface area contributed by atoms with Crippen LogP contribution in [0.15, 0.2) is 23.0 Å². The van der Waals surface area contributed by atoms with Gasteiger partial charge in [-0.1, -0.05) is 13.8 Å². The molecule has 0 radical (unpaired) electrons. The SMILES string of the molecule is CC1(C)OC(=O)CC(O)C2(C)C1CC(=O)C1(C)C2C(CCO)CC2(C)C(c3ccoc3)OC(=O)C3OC321. The quantitative estimate of drug-likeness (QED) is 0.459. The third kappa shape index (κ3) is 2.78. The van der Waals surface area contributed by atoms with Crippen LogP contribution < -0.4 is 0 Å². The van der Waals surface area contributed by atoms with Crippen LogP contribution in [0.1, 0.15) is 72.0 Å². The molecule has 2 aliphatic carbocycles. The van der Waals surface area contributed by atoms with E-state index in [-0.39, 0.29) is 31.1 Å². The molecule has 1 aromatic rings. The number of esters is 2. The molecule has 9 nitrogen and oxygen atoms in total. The molecule has 5 aliphatic rings. The number of ketones is 1. The van der Waals surface area contributed by atoms with Crippen molar-refractivity contribution in [3.63, 3.8) is 0 Å². The maximum absolute atomic E-state index is 14.5. The average Bonchev–Trinajstić information content (AvgIpc) is 3.39. The van der Waals surface area contributed by atoms with E-state index in [0.29, 0.717) is 18.4 Å². The van der Waals surface area contributed by atoms with Gasteiger partial charge in [-0.05, 0) is 51.5 Å². The summed E-state index contributed by atoms with van der Waals surface area (Å²) in [5.74, 6) is -2.24. The number of aliphatic hydroxyl groups excluding tert-OH is 2. The predicted octanol–water partition coefficient (Wildman–Crippen LogP) is 2.73. The second-order valence-corrected chi connectivity index (χ2v) is 13.0. The number of furan rings is 1. The summed E-state index contributed by atoms with van der Waals surface area (Å²) in [5.41, 5.74) is -4.34. The first-order valence-electron chi connectivity index (χ1n) is 13.2. The van der Waals surface area contributed by atoms with Crippen molar-refractivity contribution in [2.45, 2.75) is 89.8 Å². The van der Waals surface area contributed by atoms with Crippen LogP contribution in [0, 0.1) is 34.0 Å². The van der Waals surface area contributed by atoms with Gasteiger partial charge in [0, 0.05) is 35.3 Å². The molecule has 1 spiro atoms. The Labute approximate surface area is 215 Å². The Morgan fingerprint density at radius 2 is 1.78 bits per heavy atom. The highest BCUT2D eigenvalue weighted by molar-refractivity contribution is 5.93. The fourth-order valence-electron chi connectivity index (χ4n) is 9.77. The minimum atomic E-state index is -1.18. The molecule has 9 heteroatoms. The lowest BCUT2D eigenvalue weighted by Crippen LogP contribution is -2.74. The molecule has 5 fully saturated rings. The lowest BCUT2D eigenvalue weighted by molar-refractivity contribution is -0.248. The number of hydrogen-bond donors (Lipinski definition) is 2. The summed E-state index contributed by atoms with van der Waals surface area (Å²) in [6.45, 7) is 9.34. The van der Waals surface area contributed by atoms with Crippen molar-refractivity contribution in [3.05, 3.63) is 24.2 Å². The minimum absolute atomic E-state index is 0.0739. The number of cyclic esters (lactones) is 2. The summed E-state index contributed by atoms with van der Waals surface area (Å²) in [4.78, 5) is 40.4.